The highest BCUT2D eigenvalue weighted by atomic mass is 79.9. The van der Waals surface area contributed by atoms with Crippen LogP contribution in [0.3, 0.4) is 0 Å². The van der Waals surface area contributed by atoms with Crippen molar-refractivity contribution < 1.29 is 19.2 Å². The quantitative estimate of drug-likeness (QED) is 0.421. The summed E-state index contributed by atoms with van der Waals surface area (Å²) >= 11 is 3.34. The lowest BCUT2D eigenvalue weighted by Crippen LogP contribution is -2.43. The van der Waals surface area contributed by atoms with E-state index in [4.69, 9.17) is 4.74 Å². The lowest BCUT2D eigenvalue weighted by atomic mass is 10.1. The molecule has 0 saturated heterocycles. The summed E-state index contributed by atoms with van der Waals surface area (Å²) < 4.78 is 5.67. The maximum absolute atomic E-state index is 12.3. The summed E-state index contributed by atoms with van der Waals surface area (Å²) in [7, 11) is 1.25. The molecule has 2 aromatic rings. The molecular weight excluding hydrogens is 404 g/mol. The molecule has 0 heterocycles. The zero-order chi connectivity index (χ0) is 19.1. The molecule has 0 aromatic heterocycles. The minimum absolute atomic E-state index is 0.0739. The van der Waals surface area contributed by atoms with Gasteiger partial charge >= 0.3 is 5.97 Å². The van der Waals surface area contributed by atoms with Crippen LogP contribution in [-0.2, 0) is 27.2 Å². The summed E-state index contributed by atoms with van der Waals surface area (Å²) in [6, 6.07) is 12.3. The van der Waals surface area contributed by atoms with E-state index in [1.165, 1.54) is 25.3 Å². The Balaban J connectivity index is 2.06. The molecule has 26 heavy (non-hydrogen) atoms. The van der Waals surface area contributed by atoms with E-state index in [-0.39, 0.29) is 18.5 Å². The zero-order valence-electron chi connectivity index (χ0n) is 14.0. The molecule has 136 valence electrons. The van der Waals surface area contributed by atoms with Gasteiger partial charge in [-0.1, -0.05) is 40.2 Å². The molecule has 0 spiro atoms. The van der Waals surface area contributed by atoms with Crippen LogP contribution in [0.4, 0.5) is 5.69 Å². The molecule has 1 N–H and O–H groups in total. The summed E-state index contributed by atoms with van der Waals surface area (Å²) in [4.78, 5) is 34.5. The highest BCUT2D eigenvalue weighted by Crippen LogP contribution is 2.14. The van der Waals surface area contributed by atoms with Crippen LogP contribution in [0, 0.1) is 10.1 Å². The number of rotatable bonds is 7. The number of nitrogens with one attached hydrogen (secondary N) is 1. The molecule has 0 radical (unpaired) electrons. The molecule has 0 unspecified atom stereocenters. The number of esters is 1. The third-order valence-corrected chi connectivity index (χ3v) is 4.19. The van der Waals surface area contributed by atoms with Crippen molar-refractivity contribution in [1.29, 1.82) is 0 Å². The Labute approximate surface area is 158 Å². The van der Waals surface area contributed by atoms with Crippen LogP contribution in [0.2, 0.25) is 0 Å². The largest absolute Gasteiger partial charge is 0.467 e. The number of nitro benzene ring substituents is 1. The van der Waals surface area contributed by atoms with Gasteiger partial charge in [-0.3, -0.25) is 14.9 Å². The lowest BCUT2D eigenvalue weighted by molar-refractivity contribution is -0.384. The number of ether oxygens (including phenoxy) is 1. The Bertz CT molecular complexity index is 807. The van der Waals surface area contributed by atoms with Crippen LogP contribution in [0.25, 0.3) is 0 Å². The van der Waals surface area contributed by atoms with Gasteiger partial charge in [-0.15, -0.1) is 0 Å². The van der Waals surface area contributed by atoms with Crippen molar-refractivity contribution in [2.45, 2.75) is 18.9 Å². The maximum Gasteiger partial charge on any atom is 0.328 e. The average Bonchev–Trinajstić information content (AvgIpc) is 2.62. The number of hydrogen-bond acceptors (Lipinski definition) is 5. The van der Waals surface area contributed by atoms with Crippen molar-refractivity contribution in [1.82, 2.24) is 5.32 Å². The van der Waals surface area contributed by atoms with Crippen molar-refractivity contribution in [3.8, 4) is 0 Å². The summed E-state index contributed by atoms with van der Waals surface area (Å²) in [6.45, 7) is 0. The smallest absolute Gasteiger partial charge is 0.328 e. The third-order valence-electron chi connectivity index (χ3n) is 3.66. The van der Waals surface area contributed by atoms with E-state index in [0.717, 1.165) is 10.0 Å². The normalized spacial score (nSPS) is 11.5. The van der Waals surface area contributed by atoms with E-state index < -0.39 is 22.8 Å². The number of nitro groups is 1. The van der Waals surface area contributed by atoms with E-state index in [0.29, 0.717) is 5.56 Å². The summed E-state index contributed by atoms with van der Waals surface area (Å²) in [5.74, 6) is -0.974. The first kappa shape index (κ1) is 19.6. The second-order valence-electron chi connectivity index (χ2n) is 5.58. The average molecular weight is 421 g/mol. The van der Waals surface area contributed by atoms with Gasteiger partial charge in [-0.05, 0) is 23.3 Å². The van der Waals surface area contributed by atoms with Crippen LogP contribution in [0.5, 0.6) is 0 Å². The van der Waals surface area contributed by atoms with E-state index in [1.54, 1.807) is 6.07 Å². The molecule has 0 aliphatic heterocycles. The minimum Gasteiger partial charge on any atom is -0.467 e. The number of amides is 1. The minimum atomic E-state index is -0.840. The van der Waals surface area contributed by atoms with E-state index in [9.17, 15) is 19.7 Å². The number of halogens is 1. The number of non-ortho nitro benzene ring substituents is 1. The van der Waals surface area contributed by atoms with Gasteiger partial charge in [0.05, 0.1) is 18.5 Å². The topological polar surface area (TPSA) is 98.5 Å². The molecule has 0 aliphatic carbocycles. The number of carbonyl (C=O) groups is 2. The number of nitrogens with zero attached hydrogens (tertiary/aromatic N) is 1. The molecule has 0 aliphatic rings. The summed E-state index contributed by atoms with van der Waals surface area (Å²) in [6.07, 6.45) is 0.205. The molecule has 0 bridgehead atoms. The van der Waals surface area contributed by atoms with Crippen LogP contribution < -0.4 is 5.32 Å². The first-order valence-electron chi connectivity index (χ1n) is 7.74. The van der Waals surface area contributed by atoms with Crippen LogP contribution in [-0.4, -0.2) is 30.0 Å². The summed E-state index contributed by atoms with van der Waals surface area (Å²) in [5, 5.41) is 13.4. The fourth-order valence-corrected chi connectivity index (χ4v) is 2.67. The van der Waals surface area contributed by atoms with Gasteiger partial charge in [-0.25, -0.2) is 4.79 Å². The van der Waals surface area contributed by atoms with E-state index in [2.05, 4.69) is 21.2 Å². The predicted octanol–water partition coefficient (Wildman–Crippen LogP) is 2.80. The van der Waals surface area contributed by atoms with Crippen LogP contribution in [0.15, 0.2) is 53.0 Å². The van der Waals surface area contributed by atoms with Gasteiger partial charge in [0.25, 0.3) is 5.69 Å². The third kappa shape index (κ3) is 5.66. The van der Waals surface area contributed by atoms with Crippen LogP contribution >= 0.6 is 15.9 Å². The molecule has 2 rings (SSSR count). The van der Waals surface area contributed by atoms with Gasteiger partial charge < -0.3 is 10.1 Å². The molecule has 1 amide bonds. The van der Waals surface area contributed by atoms with Gasteiger partial charge in [0, 0.05) is 23.0 Å². The van der Waals surface area contributed by atoms with Crippen molar-refractivity contribution in [3.63, 3.8) is 0 Å². The first-order chi connectivity index (χ1) is 12.4. The molecule has 1 atom stereocenters. The van der Waals surface area contributed by atoms with Gasteiger partial charge in [-0.2, -0.15) is 0 Å². The Kier molecular flexibility index (Phi) is 6.85. The second kappa shape index (κ2) is 9.10. The Morgan fingerprint density at radius 1 is 1.19 bits per heavy atom. The number of benzene rings is 2. The fourth-order valence-electron chi connectivity index (χ4n) is 2.40. The fraction of sp³-hybridized carbons (Fsp3) is 0.222. The number of methoxy groups -OCH3 is 1. The molecule has 0 fully saturated rings. The van der Waals surface area contributed by atoms with Gasteiger partial charge in [0.1, 0.15) is 6.04 Å². The van der Waals surface area contributed by atoms with Crippen LogP contribution in [0.1, 0.15) is 11.1 Å². The highest BCUT2D eigenvalue weighted by molar-refractivity contribution is 9.10. The highest BCUT2D eigenvalue weighted by Gasteiger charge is 2.22. The summed E-state index contributed by atoms with van der Waals surface area (Å²) in [5.41, 5.74) is 1.26. The standard InChI is InChI=1S/C18H17BrN2O5/c1-26-18(23)16(10-12-5-7-14(19)8-6-12)20-17(22)11-13-3-2-4-15(9-13)21(24)25/h2-9,16H,10-11H2,1H3,(H,20,22)/t16-/m0/s1. The molecule has 0 saturated carbocycles. The lowest BCUT2D eigenvalue weighted by Gasteiger charge is -2.17. The zero-order valence-corrected chi connectivity index (χ0v) is 15.6. The van der Waals surface area contributed by atoms with E-state index in [1.807, 2.05) is 24.3 Å². The van der Waals surface area contributed by atoms with Gasteiger partial charge in [0.2, 0.25) is 5.91 Å². The van der Waals surface area contributed by atoms with Crippen molar-refractivity contribution in [3.05, 3.63) is 74.2 Å². The molecule has 7 nitrogen and oxygen atoms in total. The SMILES string of the molecule is COC(=O)[C@H](Cc1ccc(Br)cc1)NC(=O)Cc1cccc([N+](=O)[O-])c1. The molecular formula is C18H17BrN2O5. The predicted molar refractivity (Wildman–Crippen MR) is 98.6 cm³/mol. The number of hydrogen-bond donors (Lipinski definition) is 1. The van der Waals surface area contributed by atoms with Gasteiger partial charge in [0.15, 0.2) is 0 Å². The Hall–Kier alpha value is -2.74. The maximum atomic E-state index is 12.3. The van der Waals surface area contributed by atoms with Crippen molar-refractivity contribution in [2.75, 3.05) is 7.11 Å². The van der Waals surface area contributed by atoms with Crippen molar-refractivity contribution >= 4 is 33.5 Å². The Morgan fingerprint density at radius 3 is 2.50 bits per heavy atom. The second-order valence-corrected chi connectivity index (χ2v) is 6.49. The Morgan fingerprint density at radius 2 is 1.88 bits per heavy atom. The first-order valence-corrected chi connectivity index (χ1v) is 8.53. The van der Waals surface area contributed by atoms with E-state index >= 15 is 0 Å². The number of carbonyl (C=O) groups excluding carboxylic acids is 2. The van der Waals surface area contributed by atoms with Crippen molar-refractivity contribution in [2.24, 2.45) is 0 Å². The monoisotopic (exact) mass is 420 g/mol. The molecule has 8 heteroatoms. The molecule has 2 aromatic carbocycles.